The molecular formula is C20H16BrN5O2. The Hall–Kier alpha value is -3.26. The molecule has 7 nitrogen and oxygen atoms in total. The van der Waals surface area contributed by atoms with Crippen LogP contribution in [0.2, 0.25) is 0 Å². The van der Waals surface area contributed by atoms with Crippen LogP contribution in [-0.4, -0.2) is 32.3 Å². The molecule has 0 radical (unpaired) electrons. The van der Waals surface area contributed by atoms with E-state index in [0.717, 1.165) is 20.4 Å². The van der Waals surface area contributed by atoms with Crippen LogP contribution in [0.1, 0.15) is 0 Å². The van der Waals surface area contributed by atoms with E-state index in [9.17, 15) is 9.59 Å². The van der Waals surface area contributed by atoms with Crippen LogP contribution >= 0.6 is 15.9 Å². The largest absolute Gasteiger partial charge is 0.314 e. The summed E-state index contributed by atoms with van der Waals surface area (Å²) in [6.45, 7) is -0.153. The van der Waals surface area contributed by atoms with Gasteiger partial charge in [0, 0.05) is 22.8 Å². The predicted octanol–water partition coefficient (Wildman–Crippen LogP) is 2.98. The number of nitrogens with zero attached hydrogens (tertiary/aromatic N) is 5. The minimum absolute atomic E-state index is 0.153. The molecule has 0 spiro atoms. The SMILES string of the molecule is CN(C(=O)Cn1ncn2nc(-c3ccc(Br)cc3)cc2c1=O)c1ccccc1. The molecule has 0 aliphatic carbocycles. The Kier molecular flexibility index (Phi) is 4.79. The highest BCUT2D eigenvalue weighted by molar-refractivity contribution is 9.10. The average molecular weight is 438 g/mol. The number of likely N-dealkylation sites (N-methyl/N-ethyl adjacent to an activating group) is 1. The van der Waals surface area contributed by atoms with Gasteiger partial charge in [-0.15, -0.1) is 0 Å². The van der Waals surface area contributed by atoms with Gasteiger partial charge in [-0.05, 0) is 30.3 Å². The molecule has 28 heavy (non-hydrogen) atoms. The molecule has 4 rings (SSSR count). The van der Waals surface area contributed by atoms with Crippen molar-refractivity contribution >= 4 is 33.0 Å². The van der Waals surface area contributed by atoms with E-state index in [0.29, 0.717) is 11.2 Å². The van der Waals surface area contributed by atoms with E-state index in [1.807, 2.05) is 54.6 Å². The molecule has 2 aromatic carbocycles. The highest BCUT2D eigenvalue weighted by Crippen LogP contribution is 2.21. The van der Waals surface area contributed by atoms with Gasteiger partial charge < -0.3 is 4.90 Å². The maximum Gasteiger partial charge on any atom is 0.293 e. The quantitative estimate of drug-likeness (QED) is 0.491. The van der Waals surface area contributed by atoms with Crippen LogP contribution in [0.25, 0.3) is 16.8 Å². The van der Waals surface area contributed by atoms with Crippen molar-refractivity contribution in [3.8, 4) is 11.3 Å². The monoisotopic (exact) mass is 437 g/mol. The van der Waals surface area contributed by atoms with Crippen LogP contribution in [0, 0.1) is 0 Å². The number of hydrogen-bond acceptors (Lipinski definition) is 4. The van der Waals surface area contributed by atoms with Gasteiger partial charge in [-0.3, -0.25) is 9.59 Å². The summed E-state index contributed by atoms with van der Waals surface area (Å²) >= 11 is 3.40. The lowest BCUT2D eigenvalue weighted by atomic mass is 10.1. The Morgan fingerprint density at radius 2 is 1.82 bits per heavy atom. The minimum atomic E-state index is -0.367. The van der Waals surface area contributed by atoms with Crippen molar-refractivity contribution in [1.29, 1.82) is 0 Å². The topological polar surface area (TPSA) is 72.5 Å². The number of carbonyl (C=O) groups is 1. The molecule has 2 heterocycles. The van der Waals surface area contributed by atoms with Crippen molar-refractivity contribution in [2.45, 2.75) is 6.54 Å². The summed E-state index contributed by atoms with van der Waals surface area (Å²) in [5.74, 6) is -0.238. The van der Waals surface area contributed by atoms with Crippen LogP contribution in [0.5, 0.6) is 0 Å². The van der Waals surface area contributed by atoms with Gasteiger partial charge in [0.05, 0.1) is 5.69 Å². The summed E-state index contributed by atoms with van der Waals surface area (Å²) in [5.41, 5.74) is 2.30. The number of halogens is 1. The van der Waals surface area contributed by atoms with Gasteiger partial charge >= 0.3 is 0 Å². The van der Waals surface area contributed by atoms with Crippen molar-refractivity contribution in [3.63, 3.8) is 0 Å². The Morgan fingerprint density at radius 1 is 1.11 bits per heavy atom. The number of aromatic nitrogens is 4. The molecule has 0 saturated carbocycles. The third-order valence-electron chi connectivity index (χ3n) is 4.43. The lowest BCUT2D eigenvalue weighted by Gasteiger charge is -2.17. The fourth-order valence-electron chi connectivity index (χ4n) is 2.84. The summed E-state index contributed by atoms with van der Waals surface area (Å²) in [6, 6.07) is 18.6. The van der Waals surface area contributed by atoms with Crippen LogP contribution in [0.15, 0.2) is 76.3 Å². The number of benzene rings is 2. The van der Waals surface area contributed by atoms with E-state index in [-0.39, 0.29) is 18.0 Å². The van der Waals surface area contributed by atoms with Crippen molar-refractivity contribution in [2.75, 3.05) is 11.9 Å². The minimum Gasteiger partial charge on any atom is -0.314 e. The van der Waals surface area contributed by atoms with E-state index in [1.54, 1.807) is 13.1 Å². The third kappa shape index (κ3) is 3.46. The lowest BCUT2D eigenvalue weighted by Crippen LogP contribution is -2.35. The number of hydrogen-bond donors (Lipinski definition) is 0. The van der Waals surface area contributed by atoms with Gasteiger partial charge in [0.25, 0.3) is 5.56 Å². The van der Waals surface area contributed by atoms with Gasteiger partial charge in [0.1, 0.15) is 18.4 Å². The smallest absolute Gasteiger partial charge is 0.293 e. The molecule has 4 aromatic rings. The first-order valence-corrected chi connectivity index (χ1v) is 9.35. The summed E-state index contributed by atoms with van der Waals surface area (Å²) in [6.07, 6.45) is 1.44. The van der Waals surface area contributed by atoms with Crippen molar-refractivity contribution in [2.24, 2.45) is 0 Å². The van der Waals surface area contributed by atoms with Gasteiger partial charge in [-0.25, -0.2) is 9.20 Å². The van der Waals surface area contributed by atoms with Crippen LogP contribution in [0.3, 0.4) is 0 Å². The Balaban J connectivity index is 1.63. The fourth-order valence-corrected chi connectivity index (χ4v) is 3.11. The fraction of sp³-hybridized carbons (Fsp3) is 0.100. The van der Waals surface area contributed by atoms with E-state index in [1.165, 1.54) is 15.7 Å². The maximum atomic E-state index is 12.8. The second-order valence-electron chi connectivity index (χ2n) is 6.25. The highest BCUT2D eigenvalue weighted by Gasteiger charge is 2.15. The number of fused-ring (bicyclic) bond motifs is 1. The molecule has 140 valence electrons. The second kappa shape index (κ2) is 7.40. The number of rotatable bonds is 4. The van der Waals surface area contributed by atoms with Gasteiger partial charge in [0.15, 0.2) is 0 Å². The van der Waals surface area contributed by atoms with E-state index >= 15 is 0 Å². The van der Waals surface area contributed by atoms with E-state index < -0.39 is 0 Å². The van der Waals surface area contributed by atoms with Crippen molar-refractivity contribution in [3.05, 3.63) is 81.8 Å². The molecule has 0 unspecified atom stereocenters. The second-order valence-corrected chi connectivity index (χ2v) is 7.16. The third-order valence-corrected chi connectivity index (χ3v) is 4.96. The molecule has 2 aromatic heterocycles. The molecule has 0 aliphatic heterocycles. The van der Waals surface area contributed by atoms with Crippen molar-refractivity contribution in [1.82, 2.24) is 19.4 Å². The summed E-state index contributed by atoms with van der Waals surface area (Å²) in [7, 11) is 1.67. The normalized spacial score (nSPS) is 10.9. The lowest BCUT2D eigenvalue weighted by molar-refractivity contribution is -0.119. The molecule has 0 fully saturated rings. The van der Waals surface area contributed by atoms with Crippen molar-refractivity contribution < 1.29 is 4.79 Å². The summed E-state index contributed by atoms with van der Waals surface area (Å²) in [4.78, 5) is 26.8. The first-order valence-electron chi connectivity index (χ1n) is 8.56. The van der Waals surface area contributed by atoms with Crippen LogP contribution in [0.4, 0.5) is 5.69 Å². The summed E-state index contributed by atoms with van der Waals surface area (Å²) < 4.78 is 3.55. The molecule has 0 saturated heterocycles. The Labute approximate surface area is 169 Å². The molecule has 0 aliphatic rings. The zero-order valence-corrected chi connectivity index (χ0v) is 16.6. The average Bonchev–Trinajstić information content (AvgIpc) is 3.16. The predicted molar refractivity (Wildman–Crippen MR) is 110 cm³/mol. The summed E-state index contributed by atoms with van der Waals surface area (Å²) in [5, 5.41) is 8.50. The number of carbonyl (C=O) groups excluding carboxylic acids is 1. The molecule has 1 amide bonds. The maximum absolute atomic E-state index is 12.8. The highest BCUT2D eigenvalue weighted by atomic mass is 79.9. The van der Waals surface area contributed by atoms with Gasteiger partial charge in [-0.1, -0.05) is 46.3 Å². The van der Waals surface area contributed by atoms with E-state index in [4.69, 9.17) is 0 Å². The number of amides is 1. The zero-order valence-electron chi connectivity index (χ0n) is 15.0. The molecule has 0 bridgehead atoms. The zero-order chi connectivity index (χ0) is 19.7. The first-order chi connectivity index (χ1) is 13.5. The molecule has 8 heteroatoms. The van der Waals surface area contributed by atoms with Gasteiger partial charge in [-0.2, -0.15) is 10.2 Å². The van der Waals surface area contributed by atoms with Gasteiger partial charge in [0.2, 0.25) is 5.91 Å². The molecule has 0 N–H and O–H groups in total. The van der Waals surface area contributed by atoms with Crippen LogP contribution < -0.4 is 10.5 Å². The Bertz CT molecular complexity index is 1200. The number of anilines is 1. The number of para-hydroxylation sites is 1. The standard InChI is InChI=1S/C20H16BrN5O2/c1-24(16-5-3-2-4-6-16)19(27)12-25-20(28)18-11-17(23-26(18)13-22-25)14-7-9-15(21)10-8-14/h2-11,13H,12H2,1H3. The Morgan fingerprint density at radius 3 is 2.54 bits per heavy atom. The van der Waals surface area contributed by atoms with E-state index in [2.05, 4.69) is 26.1 Å². The molecular weight excluding hydrogens is 422 g/mol. The first kappa shape index (κ1) is 18.1. The molecule has 0 atom stereocenters. The van der Waals surface area contributed by atoms with Crippen LogP contribution in [-0.2, 0) is 11.3 Å².